The van der Waals surface area contributed by atoms with Crippen LogP contribution in [0, 0.1) is 11.3 Å². The van der Waals surface area contributed by atoms with E-state index in [2.05, 4.69) is 0 Å². The van der Waals surface area contributed by atoms with Gasteiger partial charge in [-0.1, -0.05) is 48.5 Å². The number of hydroxylamine groups is 1. The molecule has 0 bridgehead atoms. The summed E-state index contributed by atoms with van der Waals surface area (Å²) < 4.78 is 5.16. The number of carbonyl (C=O) groups is 1. The quantitative estimate of drug-likeness (QED) is 0.678. The normalized spacial score (nSPS) is 12.8. The van der Waals surface area contributed by atoms with Gasteiger partial charge in [0.1, 0.15) is 12.7 Å². The van der Waals surface area contributed by atoms with Crippen molar-refractivity contribution in [1.29, 1.82) is 5.26 Å². The molecule has 0 fully saturated rings. The van der Waals surface area contributed by atoms with E-state index in [-0.39, 0.29) is 6.61 Å². The predicted molar refractivity (Wildman–Crippen MR) is 81.0 cm³/mol. The lowest BCUT2D eigenvalue weighted by molar-refractivity contribution is -0.150. The second-order valence-electron chi connectivity index (χ2n) is 4.89. The van der Waals surface area contributed by atoms with Crippen LogP contribution in [-0.2, 0) is 16.1 Å². The number of nitrogens with zero attached hydrogens (tertiary/aromatic N) is 2. The Morgan fingerprint density at radius 2 is 1.73 bits per heavy atom. The molecule has 0 aliphatic heterocycles. The summed E-state index contributed by atoms with van der Waals surface area (Å²) in [7, 11) is 0. The lowest BCUT2D eigenvalue weighted by atomic mass is 10.0. The molecule has 0 saturated heterocycles. The summed E-state index contributed by atoms with van der Waals surface area (Å²) >= 11 is 0. The summed E-state index contributed by atoms with van der Waals surface area (Å²) in [6, 6.07) is 19.3. The van der Waals surface area contributed by atoms with Crippen molar-refractivity contribution in [3.8, 4) is 6.07 Å². The van der Waals surface area contributed by atoms with Crippen LogP contribution < -0.4 is 5.06 Å². The van der Waals surface area contributed by atoms with Crippen LogP contribution in [-0.4, -0.2) is 16.7 Å². The van der Waals surface area contributed by atoms with E-state index in [0.29, 0.717) is 10.8 Å². The van der Waals surface area contributed by atoms with E-state index in [1.165, 1.54) is 6.92 Å². The molecule has 0 radical (unpaired) electrons. The first-order valence-corrected chi connectivity index (χ1v) is 6.74. The first-order valence-electron chi connectivity index (χ1n) is 6.74. The molecule has 0 saturated carbocycles. The number of benzene rings is 2. The maximum Gasteiger partial charge on any atom is 0.349 e. The van der Waals surface area contributed by atoms with Gasteiger partial charge in [0.2, 0.25) is 5.54 Å². The third kappa shape index (κ3) is 3.25. The zero-order chi connectivity index (χ0) is 16.0. The zero-order valence-electron chi connectivity index (χ0n) is 12.1. The third-order valence-electron chi connectivity index (χ3n) is 3.25. The minimum atomic E-state index is -1.82. The fraction of sp³-hybridized carbons (Fsp3) is 0.176. The van der Waals surface area contributed by atoms with E-state index in [1.54, 1.807) is 30.3 Å². The van der Waals surface area contributed by atoms with Crippen molar-refractivity contribution in [1.82, 2.24) is 0 Å². The minimum absolute atomic E-state index is 0.0412. The molecule has 1 atom stereocenters. The van der Waals surface area contributed by atoms with E-state index in [9.17, 15) is 15.3 Å². The smallest absolute Gasteiger partial charge is 0.349 e. The first-order chi connectivity index (χ1) is 10.6. The minimum Gasteiger partial charge on any atom is -0.458 e. The summed E-state index contributed by atoms with van der Waals surface area (Å²) in [6.07, 6.45) is 0. The Morgan fingerprint density at radius 1 is 1.18 bits per heavy atom. The van der Waals surface area contributed by atoms with Gasteiger partial charge in [0.15, 0.2) is 0 Å². The number of para-hydroxylation sites is 1. The van der Waals surface area contributed by atoms with Crippen molar-refractivity contribution in [3.05, 3.63) is 66.2 Å². The van der Waals surface area contributed by atoms with Crippen LogP contribution >= 0.6 is 0 Å². The van der Waals surface area contributed by atoms with Gasteiger partial charge in [-0.2, -0.15) is 5.26 Å². The lowest BCUT2D eigenvalue weighted by Gasteiger charge is -2.29. The molecule has 0 aliphatic rings. The molecular weight excluding hydrogens is 280 g/mol. The van der Waals surface area contributed by atoms with Crippen LogP contribution in [0.3, 0.4) is 0 Å². The average Bonchev–Trinajstić information content (AvgIpc) is 2.59. The molecular formula is C17H16N2O3. The van der Waals surface area contributed by atoms with Crippen molar-refractivity contribution in [2.45, 2.75) is 19.1 Å². The Bertz CT molecular complexity index is 667. The monoisotopic (exact) mass is 296 g/mol. The summed E-state index contributed by atoms with van der Waals surface area (Å²) in [5.74, 6) is -0.815. The number of nitriles is 1. The molecule has 0 heterocycles. The van der Waals surface area contributed by atoms with E-state index >= 15 is 0 Å². The predicted octanol–water partition coefficient (Wildman–Crippen LogP) is 2.91. The number of esters is 1. The molecule has 22 heavy (non-hydrogen) atoms. The maximum absolute atomic E-state index is 12.2. The number of hydrogen-bond donors (Lipinski definition) is 1. The number of hydrogen-bond acceptors (Lipinski definition) is 5. The average molecular weight is 296 g/mol. The van der Waals surface area contributed by atoms with Crippen molar-refractivity contribution >= 4 is 11.7 Å². The highest BCUT2D eigenvalue weighted by Crippen LogP contribution is 2.23. The second kappa shape index (κ2) is 6.74. The van der Waals surface area contributed by atoms with Crippen LogP contribution in [0.4, 0.5) is 5.69 Å². The van der Waals surface area contributed by atoms with Gasteiger partial charge in [-0.05, 0) is 24.6 Å². The fourth-order valence-electron chi connectivity index (χ4n) is 1.87. The molecule has 1 N–H and O–H groups in total. The van der Waals surface area contributed by atoms with Crippen molar-refractivity contribution in [2.75, 3.05) is 5.06 Å². The van der Waals surface area contributed by atoms with Crippen LogP contribution in [0.25, 0.3) is 0 Å². The Morgan fingerprint density at radius 3 is 2.27 bits per heavy atom. The van der Waals surface area contributed by atoms with Gasteiger partial charge in [-0.25, -0.2) is 9.86 Å². The highest BCUT2D eigenvalue weighted by molar-refractivity contribution is 5.87. The fourth-order valence-corrected chi connectivity index (χ4v) is 1.87. The molecule has 0 aliphatic carbocycles. The Labute approximate surface area is 128 Å². The molecule has 2 aromatic carbocycles. The van der Waals surface area contributed by atoms with Gasteiger partial charge in [-0.3, -0.25) is 5.21 Å². The Kier molecular flexibility index (Phi) is 4.77. The molecule has 0 aromatic heterocycles. The van der Waals surface area contributed by atoms with E-state index in [4.69, 9.17) is 4.74 Å². The zero-order valence-corrected chi connectivity index (χ0v) is 12.1. The largest absolute Gasteiger partial charge is 0.458 e. The molecule has 0 spiro atoms. The van der Waals surface area contributed by atoms with Crippen molar-refractivity contribution < 1.29 is 14.7 Å². The van der Waals surface area contributed by atoms with Crippen molar-refractivity contribution in [3.63, 3.8) is 0 Å². The van der Waals surface area contributed by atoms with Gasteiger partial charge in [0.05, 0.1) is 5.69 Å². The SMILES string of the molecule is C[C@](C#N)(C(=O)OCc1ccccc1)N(O)c1ccccc1. The first kappa shape index (κ1) is 15.5. The van der Waals surface area contributed by atoms with Crippen LogP contribution in [0.5, 0.6) is 0 Å². The van der Waals surface area contributed by atoms with E-state index < -0.39 is 11.5 Å². The number of ether oxygens (including phenoxy) is 1. The molecule has 5 heteroatoms. The lowest BCUT2D eigenvalue weighted by Crippen LogP contribution is -2.51. The van der Waals surface area contributed by atoms with Gasteiger partial charge in [0, 0.05) is 0 Å². The van der Waals surface area contributed by atoms with Gasteiger partial charge >= 0.3 is 5.97 Å². The highest BCUT2D eigenvalue weighted by atomic mass is 16.6. The summed E-state index contributed by atoms with van der Waals surface area (Å²) in [4.78, 5) is 12.2. The van der Waals surface area contributed by atoms with E-state index in [0.717, 1.165) is 5.56 Å². The molecule has 2 rings (SSSR count). The third-order valence-corrected chi connectivity index (χ3v) is 3.25. The highest BCUT2D eigenvalue weighted by Gasteiger charge is 2.42. The number of carbonyl (C=O) groups excluding carboxylic acids is 1. The van der Waals surface area contributed by atoms with Crippen LogP contribution in [0.2, 0.25) is 0 Å². The van der Waals surface area contributed by atoms with Crippen molar-refractivity contribution in [2.24, 2.45) is 0 Å². The molecule has 112 valence electrons. The summed E-state index contributed by atoms with van der Waals surface area (Å²) in [5, 5.41) is 20.2. The standard InChI is InChI=1S/C17H16N2O3/c1-17(13-18,19(21)15-10-6-3-7-11-15)16(20)22-12-14-8-4-2-5-9-14/h2-11,21H,12H2,1H3/t17-/m0/s1. The topological polar surface area (TPSA) is 73.6 Å². The van der Waals surface area contributed by atoms with Gasteiger partial charge in [0.25, 0.3) is 0 Å². The van der Waals surface area contributed by atoms with Gasteiger partial charge < -0.3 is 4.74 Å². The number of anilines is 1. The number of rotatable bonds is 5. The second-order valence-corrected chi connectivity index (χ2v) is 4.89. The molecule has 0 amide bonds. The Hall–Kier alpha value is -2.84. The molecule has 2 aromatic rings. The summed E-state index contributed by atoms with van der Waals surface area (Å²) in [5.41, 5.74) is -0.681. The molecule has 0 unspecified atom stereocenters. The van der Waals surface area contributed by atoms with Gasteiger partial charge in [-0.15, -0.1) is 0 Å². The Balaban J connectivity index is 2.12. The van der Waals surface area contributed by atoms with Crippen LogP contribution in [0.1, 0.15) is 12.5 Å². The summed E-state index contributed by atoms with van der Waals surface area (Å²) in [6.45, 7) is 1.35. The maximum atomic E-state index is 12.2. The van der Waals surface area contributed by atoms with Crippen LogP contribution in [0.15, 0.2) is 60.7 Å². The van der Waals surface area contributed by atoms with E-state index in [1.807, 2.05) is 36.4 Å². The molecule has 5 nitrogen and oxygen atoms in total.